The Morgan fingerprint density at radius 3 is 3.00 bits per heavy atom. The van der Waals surface area contributed by atoms with Crippen molar-refractivity contribution in [2.24, 2.45) is 5.92 Å². The summed E-state index contributed by atoms with van der Waals surface area (Å²) in [5.41, 5.74) is 1.61. The molecule has 3 saturated heterocycles. The molecule has 0 saturated carbocycles. The van der Waals surface area contributed by atoms with E-state index < -0.39 is 0 Å². The van der Waals surface area contributed by atoms with Crippen LogP contribution < -0.4 is 9.64 Å². The number of quaternary nitrogens is 1. The predicted molar refractivity (Wildman–Crippen MR) is 93.6 cm³/mol. The number of aromatic nitrogens is 1. The number of piperidine rings is 3. The van der Waals surface area contributed by atoms with E-state index in [1.54, 1.807) is 13.3 Å². The lowest BCUT2D eigenvalue weighted by Crippen LogP contribution is -3.22. The van der Waals surface area contributed by atoms with E-state index in [2.05, 4.69) is 11.6 Å². The fourth-order valence-electron chi connectivity index (χ4n) is 4.49. The Morgan fingerprint density at radius 1 is 1.38 bits per heavy atom. The van der Waals surface area contributed by atoms with E-state index in [1.807, 2.05) is 30.3 Å². The van der Waals surface area contributed by atoms with Crippen LogP contribution in [0.1, 0.15) is 29.6 Å². The lowest BCUT2D eigenvalue weighted by Gasteiger charge is -2.45. The Balaban J connectivity index is 1.74. The van der Waals surface area contributed by atoms with Crippen LogP contribution in [0.2, 0.25) is 0 Å². The Kier molecular flexibility index (Phi) is 3.85. The Bertz CT molecular complexity index is 801. The fraction of sp³-hybridized carbons (Fsp3) is 0.400. The van der Waals surface area contributed by atoms with Crippen molar-refractivity contribution in [1.29, 1.82) is 0 Å². The molecule has 24 heavy (non-hydrogen) atoms. The summed E-state index contributed by atoms with van der Waals surface area (Å²) < 4.78 is 5.33. The largest absolute Gasteiger partial charge is 0.497 e. The number of rotatable bonds is 4. The summed E-state index contributed by atoms with van der Waals surface area (Å²) in [7, 11) is 1.64. The van der Waals surface area contributed by atoms with Gasteiger partial charge in [-0.1, -0.05) is 6.58 Å². The molecule has 4 nitrogen and oxygen atoms in total. The average Bonchev–Trinajstić information content (AvgIpc) is 2.66. The SMILES string of the molecule is C=C[C@@H]1C[C@@H]2CC[NH+]1[C@@H](C(=O)c1ccnc3ccc(OC)cc13)C2. The second-order valence-electron chi connectivity index (χ2n) is 6.95. The van der Waals surface area contributed by atoms with Gasteiger partial charge in [-0.15, -0.1) is 0 Å². The van der Waals surface area contributed by atoms with E-state index >= 15 is 0 Å². The molecule has 3 aliphatic heterocycles. The predicted octanol–water partition coefficient (Wildman–Crippen LogP) is 2.05. The minimum atomic E-state index is 0.0392. The van der Waals surface area contributed by atoms with Crippen LogP contribution in [-0.4, -0.2) is 36.5 Å². The van der Waals surface area contributed by atoms with E-state index in [1.165, 1.54) is 17.7 Å². The van der Waals surface area contributed by atoms with E-state index in [0.29, 0.717) is 12.0 Å². The van der Waals surface area contributed by atoms with Gasteiger partial charge in [0.25, 0.3) is 0 Å². The zero-order valence-electron chi connectivity index (χ0n) is 14.0. The number of ether oxygens (including phenoxy) is 1. The number of nitrogens with zero attached hydrogens (tertiary/aromatic N) is 1. The number of ketones is 1. The molecule has 1 aromatic carbocycles. The highest BCUT2D eigenvalue weighted by Crippen LogP contribution is 2.29. The first-order chi connectivity index (χ1) is 11.7. The minimum Gasteiger partial charge on any atom is -0.497 e. The summed E-state index contributed by atoms with van der Waals surface area (Å²) in [5, 5.41) is 0.888. The van der Waals surface area contributed by atoms with E-state index in [-0.39, 0.29) is 11.8 Å². The van der Waals surface area contributed by atoms with Crippen molar-refractivity contribution >= 4 is 16.7 Å². The summed E-state index contributed by atoms with van der Waals surface area (Å²) >= 11 is 0. The Labute approximate surface area is 142 Å². The van der Waals surface area contributed by atoms with E-state index in [9.17, 15) is 4.79 Å². The summed E-state index contributed by atoms with van der Waals surface area (Å²) in [6.45, 7) is 5.06. The monoisotopic (exact) mass is 323 g/mol. The zero-order valence-corrected chi connectivity index (χ0v) is 14.0. The number of fused-ring (bicyclic) bond motifs is 4. The minimum absolute atomic E-state index is 0.0392. The Hall–Kier alpha value is -2.20. The first-order valence-electron chi connectivity index (χ1n) is 8.66. The molecule has 1 unspecified atom stereocenters. The van der Waals surface area contributed by atoms with Crippen molar-refractivity contribution in [2.45, 2.75) is 31.3 Å². The van der Waals surface area contributed by atoms with Crippen LogP contribution in [0.5, 0.6) is 5.75 Å². The van der Waals surface area contributed by atoms with Gasteiger partial charge in [-0.25, -0.2) is 0 Å². The smallest absolute Gasteiger partial charge is 0.220 e. The van der Waals surface area contributed by atoms with Gasteiger partial charge >= 0.3 is 0 Å². The van der Waals surface area contributed by atoms with Gasteiger partial charge in [-0.05, 0) is 42.7 Å². The van der Waals surface area contributed by atoms with Gasteiger partial charge in [-0.2, -0.15) is 0 Å². The van der Waals surface area contributed by atoms with Crippen molar-refractivity contribution in [3.8, 4) is 5.75 Å². The van der Waals surface area contributed by atoms with Crippen molar-refractivity contribution in [2.75, 3.05) is 13.7 Å². The molecule has 3 fully saturated rings. The van der Waals surface area contributed by atoms with Crippen molar-refractivity contribution in [3.05, 3.63) is 48.7 Å². The van der Waals surface area contributed by atoms with Gasteiger partial charge < -0.3 is 9.64 Å². The number of hydrogen-bond acceptors (Lipinski definition) is 3. The van der Waals surface area contributed by atoms with Crippen LogP contribution in [0.25, 0.3) is 10.9 Å². The molecular formula is C20H23N2O2+. The van der Waals surface area contributed by atoms with Crippen LogP contribution >= 0.6 is 0 Å². The van der Waals surface area contributed by atoms with Crippen LogP contribution in [0.4, 0.5) is 0 Å². The second kappa shape index (κ2) is 6.02. The summed E-state index contributed by atoms with van der Waals surface area (Å²) in [4.78, 5) is 19.1. The number of carbonyl (C=O) groups is 1. The summed E-state index contributed by atoms with van der Waals surface area (Å²) in [6, 6.07) is 8.03. The highest BCUT2D eigenvalue weighted by atomic mass is 16.5. The van der Waals surface area contributed by atoms with Gasteiger partial charge in [0.15, 0.2) is 6.04 Å². The van der Waals surface area contributed by atoms with Crippen molar-refractivity contribution in [1.82, 2.24) is 4.98 Å². The number of nitrogens with one attached hydrogen (secondary N) is 1. The average molecular weight is 323 g/mol. The van der Waals surface area contributed by atoms with Gasteiger partial charge in [0, 0.05) is 30.0 Å². The first kappa shape index (κ1) is 15.3. The normalized spacial score (nSPS) is 28.7. The van der Waals surface area contributed by atoms with Gasteiger partial charge in [0.2, 0.25) is 5.78 Å². The third-order valence-corrected chi connectivity index (χ3v) is 5.74. The first-order valence-corrected chi connectivity index (χ1v) is 8.66. The number of benzene rings is 1. The maximum Gasteiger partial charge on any atom is 0.220 e. The molecule has 5 rings (SSSR count). The molecule has 2 bridgehead atoms. The van der Waals surface area contributed by atoms with Gasteiger partial charge in [0.05, 0.1) is 19.2 Å². The molecule has 0 spiro atoms. The number of carbonyl (C=O) groups excluding carboxylic acids is 1. The molecule has 4 heteroatoms. The molecule has 1 aromatic heterocycles. The molecule has 4 heterocycles. The van der Waals surface area contributed by atoms with Crippen LogP contribution in [-0.2, 0) is 0 Å². The molecule has 1 N–H and O–H groups in total. The van der Waals surface area contributed by atoms with E-state index in [4.69, 9.17) is 4.74 Å². The highest BCUT2D eigenvalue weighted by Gasteiger charge is 2.46. The number of hydrogen-bond donors (Lipinski definition) is 1. The quantitative estimate of drug-likeness (QED) is 0.692. The molecule has 3 aliphatic rings. The summed E-state index contributed by atoms with van der Waals surface area (Å²) in [5.74, 6) is 1.65. The zero-order chi connectivity index (χ0) is 16.7. The molecule has 0 amide bonds. The number of pyridine rings is 1. The Morgan fingerprint density at radius 2 is 2.25 bits per heavy atom. The van der Waals surface area contributed by atoms with Crippen molar-refractivity contribution < 1.29 is 14.4 Å². The van der Waals surface area contributed by atoms with Crippen LogP contribution in [0.15, 0.2) is 43.1 Å². The highest BCUT2D eigenvalue weighted by molar-refractivity contribution is 6.09. The lowest BCUT2D eigenvalue weighted by molar-refractivity contribution is -0.950. The molecule has 0 aliphatic carbocycles. The summed E-state index contributed by atoms with van der Waals surface area (Å²) in [6.07, 6.45) is 7.17. The van der Waals surface area contributed by atoms with Gasteiger partial charge in [-0.3, -0.25) is 9.78 Å². The molecule has 0 radical (unpaired) electrons. The third kappa shape index (κ3) is 2.42. The van der Waals surface area contributed by atoms with Crippen LogP contribution in [0.3, 0.4) is 0 Å². The number of Topliss-reactive ketones (excluding diaryl/α,β-unsaturated/α-hetero) is 1. The lowest BCUT2D eigenvalue weighted by atomic mass is 9.76. The molecule has 124 valence electrons. The maximum absolute atomic E-state index is 13.3. The van der Waals surface area contributed by atoms with Gasteiger partial charge in [0.1, 0.15) is 11.8 Å². The topological polar surface area (TPSA) is 43.6 Å². The molecule has 4 atom stereocenters. The third-order valence-electron chi connectivity index (χ3n) is 5.74. The van der Waals surface area contributed by atoms with Crippen molar-refractivity contribution in [3.63, 3.8) is 0 Å². The molecule has 2 aromatic rings. The molecular weight excluding hydrogens is 300 g/mol. The second-order valence-corrected chi connectivity index (χ2v) is 6.95. The fourth-order valence-corrected chi connectivity index (χ4v) is 4.49. The standard InChI is InChI=1S/C20H22N2O2/c1-3-14-10-13-7-9-22(14)19(11-13)20(23)16-6-8-21-18-5-4-15(24-2)12-17(16)18/h3-6,8,12-14,19H,1,7,9-11H2,2H3/p+1/t13-,14+,19+/m0/s1. The van der Waals surface area contributed by atoms with Crippen LogP contribution in [0, 0.1) is 5.92 Å². The van der Waals surface area contributed by atoms with E-state index in [0.717, 1.165) is 35.2 Å². The maximum atomic E-state index is 13.3. The number of methoxy groups -OCH3 is 1.